The van der Waals surface area contributed by atoms with Gasteiger partial charge in [-0.05, 0) is 18.2 Å². The largest absolute Gasteiger partial charge is 0.378 e. The molecule has 3 aliphatic heterocycles. The van der Waals surface area contributed by atoms with Gasteiger partial charge in [0.2, 0.25) is 5.95 Å². The highest BCUT2D eigenvalue weighted by Gasteiger charge is 2.48. The van der Waals surface area contributed by atoms with Crippen molar-refractivity contribution >= 4 is 12.0 Å². The third-order valence-corrected chi connectivity index (χ3v) is 5.92. The number of amides is 2. The minimum Gasteiger partial charge on any atom is -0.378 e. The van der Waals surface area contributed by atoms with Gasteiger partial charge in [0.15, 0.2) is 0 Å². The standard InChI is InChI=1S/C22H24N6O4/c23-11-14-2-1-3-15(10-14)16-4-5-24-21(25-16)26-17-12-31-20-18(13-32-19(17)20)27-22(29)28-6-8-30-9-7-28/h1-5,10,17-20H,6-9,12-13H2,(H,27,29)(H,24,25,26)/t17-,18+,19-,20+/m1/s1. The molecule has 1 aromatic heterocycles. The zero-order valence-electron chi connectivity index (χ0n) is 17.4. The fourth-order valence-corrected chi connectivity index (χ4v) is 4.27. The highest BCUT2D eigenvalue weighted by molar-refractivity contribution is 5.74. The molecule has 5 rings (SSSR count). The molecule has 4 atom stereocenters. The number of benzene rings is 1. The summed E-state index contributed by atoms with van der Waals surface area (Å²) in [5.41, 5.74) is 2.14. The van der Waals surface area contributed by atoms with Gasteiger partial charge in [0, 0.05) is 24.8 Å². The highest BCUT2D eigenvalue weighted by Crippen LogP contribution is 2.29. The number of ether oxygens (including phenoxy) is 3. The molecule has 2 N–H and O–H groups in total. The molecular formula is C22H24N6O4. The SMILES string of the molecule is N#Cc1cccc(-c2ccnc(N[C@@H]3CO[C@@H]4[C@@H]3OC[C@@H]4NC(=O)N3CCOCC3)n2)c1. The monoisotopic (exact) mass is 436 g/mol. The molecule has 0 saturated carbocycles. The Hall–Kier alpha value is -3.26. The van der Waals surface area contributed by atoms with E-state index < -0.39 is 0 Å². The van der Waals surface area contributed by atoms with Gasteiger partial charge in [-0.25, -0.2) is 14.8 Å². The molecule has 0 unspecified atom stereocenters. The number of carbonyl (C=O) groups excluding carboxylic acids is 1. The minimum absolute atomic E-state index is 0.113. The molecule has 3 fully saturated rings. The second-order valence-corrected chi connectivity index (χ2v) is 7.96. The maximum atomic E-state index is 12.5. The van der Waals surface area contributed by atoms with Crippen molar-refractivity contribution in [2.24, 2.45) is 0 Å². The van der Waals surface area contributed by atoms with Gasteiger partial charge in [-0.3, -0.25) is 0 Å². The normalized spacial score (nSPS) is 26.9. The Balaban J connectivity index is 1.22. The fraction of sp³-hybridized carbons (Fsp3) is 0.455. The summed E-state index contributed by atoms with van der Waals surface area (Å²) in [5.74, 6) is 0.462. The molecule has 0 aliphatic carbocycles. The number of morpholine rings is 1. The number of aromatic nitrogens is 2. The lowest BCUT2D eigenvalue weighted by Gasteiger charge is -2.29. The lowest BCUT2D eigenvalue weighted by molar-refractivity contribution is 0.0485. The number of carbonyl (C=O) groups is 1. The van der Waals surface area contributed by atoms with Crippen LogP contribution in [0.25, 0.3) is 11.3 Å². The van der Waals surface area contributed by atoms with Gasteiger partial charge in [-0.2, -0.15) is 5.26 Å². The third kappa shape index (κ3) is 4.23. The molecule has 32 heavy (non-hydrogen) atoms. The van der Waals surface area contributed by atoms with Crippen LogP contribution in [0.4, 0.5) is 10.7 Å². The van der Waals surface area contributed by atoms with Crippen LogP contribution in [0.1, 0.15) is 5.56 Å². The van der Waals surface area contributed by atoms with Crippen LogP contribution in [0.15, 0.2) is 36.5 Å². The first-order valence-corrected chi connectivity index (χ1v) is 10.7. The number of anilines is 1. The number of urea groups is 1. The molecule has 0 bridgehead atoms. The average Bonchev–Trinajstić information content (AvgIpc) is 3.43. The quantitative estimate of drug-likeness (QED) is 0.728. The van der Waals surface area contributed by atoms with Gasteiger partial charge in [0.1, 0.15) is 12.2 Å². The minimum atomic E-state index is -0.229. The van der Waals surface area contributed by atoms with Crippen molar-refractivity contribution in [3.8, 4) is 17.3 Å². The zero-order chi connectivity index (χ0) is 21.9. The molecule has 2 aromatic rings. The Bertz CT molecular complexity index is 1020. The molecule has 4 heterocycles. The van der Waals surface area contributed by atoms with Crippen molar-refractivity contribution in [3.63, 3.8) is 0 Å². The summed E-state index contributed by atoms with van der Waals surface area (Å²) >= 11 is 0. The van der Waals surface area contributed by atoms with Crippen LogP contribution in [0, 0.1) is 11.3 Å². The summed E-state index contributed by atoms with van der Waals surface area (Å²) in [6.45, 7) is 3.11. The summed E-state index contributed by atoms with van der Waals surface area (Å²) in [7, 11) is 0. The van der Waals surface area contributed by atoms with E-state index in [1.807, 2.05) is 12.1 Å². The summed E-state index contributed by atoms with van der Waals surface area (Å²) in [4.78, 5) is 23.2. The number of nitrogens with zero attached hydrogens (tertiary/aromatic N) is 4. The van der Waals surface area contributed by atoms with E-state index in [4.69, 9.17) is 19.5 Å². The molecule has 0 spiro atoms. The van der Waals surface area contributed by atoms with Crippen LogP contribution in [0.5, 0.6) is 0 Å². The van der Waals surface area contributed by atoms with Gasteiger partial charge >= 0.3 is 6.03 Å². The topological polar surface area (TPSA) is 122 Å². The molecule has 0 radical (unpaired) electrons. The summed E-state index contributed by atoms with van der Waals surface area (Å²) in [5, 5.41) is 15.5. The Morgan fingerprint density at radius 3 is 2.72 bits per heavy atom. The maximum Gasteiger partial charge on any atom is 0.317 e. The van der Waals surface area contributed by atoms with E-state index in [1.165, 1.54) is 0 Å². The Labute approximate surface area is 185 Å². The van der Waals surface area contributed by atoms with E-state index >= 15 is 0 Å². The van der Waals surface area contributed by atoms with E-state index in [1.54, 1.807) is 29.3 Å². The van der Waals surface area contributed by atoms with Crippen LogP contribution in [0.2, 0.25) is 0 Å². The molecular weight excluding hydrogens is 412 g/mol. The molecule has 3 saturated heterocycles. The fourth-order valence-electron chi connectivity index (χ4n) is 4.27. The van der Waals surface area contributed by atoms with Gasteiger partial charge in [0.05, 0.1) is 55.8 Å². The summed E-state index contributed by atoms with van der Waals surface area (Å²) in [6, 6.07) is 10.8. The molecule has 10 heteroatoms. The molecule has 10 nitrogen and oxygen atoms in total. The molecule has 166 valence electrons. The Morgan fingerprint density at radius 2 is 1.91 bits per heavy atom. The maximum absolute atomic E-state index is 12.5. The first kappa shape index (κ1) is 20.6. The lowest BCUT2D eigenvalue weighted by Crippen LogP contribution is -2.52. The van der Waals surface area contributed by atoms with Gasteiger partial charge in [-0.15, -0.1) is 0 Å². The van der Waals surface area contributed by atoms with E-state index in [2.05, 4.69) is 26.7 Å². The van der Waals surface area contributed by atoms with Gasteiger partial charge in [-0.1, -0.05) is 12.1 Å². The van der Waals surface area contributed by atoms with E-state index in [0.29, 0.717) is 51.0 Å². The predicted octanol–water partition coefficient (Wildman–Crippen LogP) is 1.00. The summed E-state index contributed by atoms with van der Waals surface area (Å²) < 4.78 is 17.2. The first-order valence-electron chi connectivity index (χ1n) is 10.7. The van der Waals surface area contributed by atoms with E-state index in [9.17, 15) is 4.79 Å². The second kappa shape index (κ2) is 9.08. The third-order valence-electron chi connectivity index (χ3n) is 5.92. The number of nitriles is 1. The van der Waals surface area contributed by atoms with Gasteiger partial charge < -0.3 is 29.7 Å². The van der Waals surface area contributed by atoms with Crippen LogP contribution in [-0.4, -0.2) is 84.7 Å². The second-order valence-electron chi connectivity index (χ2n) is 7.96. The molecule has 1 aromatic carbocycles. The molecule has 3 aliphatic rings. The van der Waals surface area contributed by atoms with E-state index in [0.717, 1.165) is 11.3 Å². The van der Waals surface area contributed by atoms with Crippen molar-refractivity contribution in [3.05, 3.63) is 42.1 Å². The van der Waals surface area contributed by atoms with Crippen molar-refractivity contribution in [2.45, 2.75) is 24.3 Å². The highest BCUT2D eigenvalue weighted by atomic mass is 16.6. The van der Waals surface area contributed by atoms with Crippen LogP contribution < -0.4 is 10.6 Å². The van der Waals surface area contributed by atoms with Crippen LogP contribution in [-0.2, 0) is 14.2 Å². The number of hydrogen-bond acceptors (Lipinski definition) is 8. The Morgan fingerprint density at radius 1 is 1.12 bits per heavy atom. The first-order chi connectivity index (χ1) is 15.7. The smallest absolute Gasteiger partial charge is 0.317 e. The number of fused-ring (bicyclic) bond motifs is 1. The average molecular weight is 436 g/mol. The Kier molecular flexibility index (Phi) is 5.85. The predicted molar refractivity (Wildman–Crippen MR) is 114 cm³/mol. The van der Waals surface area contributed by atoms with Crippen molar-refractivity contribution in [1.82, 2.24) is 20.2 Å². The summed E-state index contributed by atoms with van der Waals surface area (Å²) in [6.07, 6.45) is 1.24. The van der Waals surface area contributed by atoms with Gasteiger partial charge in [0.25, 0.3) is 0 Å². The van der Waals surface area contributed by atoms with E-state index in [-0.39, 0.29) is 30.3 Å². The van der Waals surface area contributed by atoms with Crippen molar-refractivity contribution in [2.75, 3.05) is 44.8 Å². The van der Waals surface area contributed by atoms with Crippen LogP contribution >= 0.6 is 0 Å². The number of hydrogen-bond donors (Lipinski definition) is 2. The van der Waals surface area contributed by atoms with Crippen molar-refractivity contribution < 1.29 is 19.0 Å². The zero-order valence-corrected chi connectivity index (χ0v) is 17.4. The molecule has 2 amide bonds. The van der Waals surface area contributed by atoms with Crippen LogP contribution in [0.3, 0.4) is 0 Å². The van der Waals surface area contributed by atoms with Crippen molar-refractivity contribution in [1.29, 1.82) is 5.26 Å². The lowest BCUT2D eigenvalue weighted by atomic mass is 10.1. The number of rotatable bonds is 4. The number of nitrogens with one attached hydrogen (secondary N) is 2.